The molecule has 0 amide bonds. The van der Waals surface area contributed by atoms with Crippen LogP contribution in [-0.2, 0) is 6.54 Å². The van der Waals surface area contributed by atoms with Crippen LogP contribution < -0.4 is 4.74 Å². The first-order valence-corrected chi connectivity index (χ1v) is 9.70. The van der Waals surface area contributed by atoms with E-state index in [-0.39, 0.29) is 6.10 Å². The minimum absolute atomic E-state index is 0.164. The van der Waals surface area contributed by atoms with Gasteiger partial charge < -0.3 is 4.74 Å². The summed E-state index contributed by atoms with van der Waals surface area (Å²) in [5.41, 5.74) is 4.56. The Kier molecular flexibility index (Phi) is 5.39. The fourth-order valence-electron chi connectivity index (χ4n) is 3.70. The van der Waals surface area contributed by atoms with E-state index >= 15 is 0 Å². The van der Waals surface area contributed by atoms with E-state index in [1.165, 1.54) is 17.8 Å². The van der Waals surface area contributed by atoms with Crippen LogP contribution in [0.4, 0.5) is 4.39 Å². The largest absolute Gasteiger partial charge is 0.489 e. The summed E-state index contributed by atoms with van der Waals surface area (Å²) in [7, 11) is 0. The molecule has 1 saturated heterocycles. The highest BCUT2D eigenvalue weighted by Crippen LogP contribution is 2.20. The lowest BCUT2D eigenvalue weighted by Gasteiger charge is -2.32. The normalized spacial score (nSPS) is 15.7. The van der Waals surface area contributed by atoms with Gasteiger partial charge in [0, 0.05) is 25.3 Å². The fraction of sp³-hybridized carbons (Fsp3) is 0.364. The van der Waals surface area contributed by atoms with Crippen LogP contribution in [0, 0.1) is 19.8 Å². The van der Waals surface area contributed by atoms with Gasteiger partial charge in [-0.2, -0.15) is 9.49 Å². The molecular formula is C22H25FN4O. The molecule has 0 aliphatic carbocycles. The first-order valence-electron chi connectivity index (χ1n) is 9.70. The van der Waals surface area contributed by atoms with Gasteiger partial charge >= 0.3 is 0 Å². The Bertz CT molecular complexity index is 913. The summed E-state index contributed by atoms with van der Waals surface area (Å²) in [5, 5.41) is 4.54. The maximum Gasteiger partial charge on any atom is 0.213 e. The third-order valence-electron chi connectivity index (χ3n) is 5.13. The summed E-state index contributed by atoms with van der Waals surface area (Å²) in [6.45, 7) is 6.99. The van der Waals surface area contributed by atoms with E-state index in [2.05, 4.69) is 52.2 Å². The van der Waals surface area contributed by atoms with Crippen LogP contribution in [0.5, 0.6) is 5.75 Å². The molecule has 1 aliphatic heterocycles. The van der Waals surface area contributed by atoms with Crippen molar-refractivity contribution in [2.75, 3.05) is 13.1 Å². The number of aryl methyl sites for hydroxylation is 2. The first kappa shape index (κ1) is 18.6. The Morgan fingerprint density at radius 3 is 2.43 bits per heavy atom. The molecule has 0 atom stereocenters. The number of likely N-dealkylation sites (tertiary alicyclic amines) is 1. The Labute approximate surface area is 164 Å². The average molecular weight is 380 g/mol. The van der Waals surface area contributed by atoms with Gasteiger partial charge in [0.2, 0.25) is 5.95 Å². The monoisotopic (exact) mass is 380 g/mol. The van der Waals surface area contributed by atoms with Crippen LogP contribution >= 0.6 is 0 Å². The minimum atomic E-state index is -0.481. The number of hydrogen-bond donors (Lipinski definition) is 0. The van der Waals surface area contributed by atoms with Gasteiger partial charge in [0.25, 0.3) is 0 Å². The average Bonchev–Trinajstić information content (AvgIpc) is 3.04. The third-order valence-corrected chi connectivity index (χ3v) is 5.13. The summed E-state index contributed by atoms with van der Waals surface area (Å²) in [4.78, 5) is 6.09. The zero-order valence-electron chi connectivity index (χ0n) is 16.3. The van der Waals surface area contributed by atoms with Crippen molar-refractivity contribution in [3.63, 3.8) is 0 Å². The second-order valence-corrected chi connectivity index (χ2v) is 7.42. The molecule has 1 aromatic carbocycles. The predicted molar refractivity (Wildman–Crippen MR) is 106 cm³/mol. The molecule has 146 valence electrons. The summed E-state index contributed by atoms with van der Waals surface area (Å²) in [6.07, 6.45) is 3.53. The number of ether oxygens (including phenoxy) is 1. The Hall–Kier alpha value is -2.73. The van der Waals surface area contributed by atoms with Crippen molar-refractivity contribution >= 4 is 0 Å². The number of halogens is 1. The van der Waals surface area contributed by atoms with Crippen LogP contribution in [0.25, 0.3) is 5.69 Å². The second kappa shape index (κ2) is 8.10. The molecule has 1 fully saturated rings. The van der Waals surface area contributed by atoms with Crippen molar-refractivity contribution in [3.8, 4) is 11.4 Å². The molecular weight excluding hydrogens is 355 g/mol. The number of nitrogens with zero attached hydrogens (tertiary/aromatic N) is 4. The minimum Gasteiger partial charge on any atom is -0.489 e. The van der Waals surface area contributed by atoms with Crippen LogP contribution in [0.3, 0.4) is 0 Å². The number of rotatable bonds is 5. The van der Waals surface area contributed by atoms with Crippen molar-refractivity contribution in [1.29, 1.82) is 0 Å². The highest BCUT2D eigenvalue weighted by molar-refractivity contribution is 5.36. The molecule has 0 radical (unpaired) electrons. The predicted octanol–water partition coefficient (Wildman–Crippen LogP) is 4.07. The Balaban J connectivity index is 1.30. The van der Waals surface area contributed by atoms with E-state index in [9.17, 15) is 4.39 Å². The Morgan fingerprint density at radius 1 is 1.07 bits per heavy atom. The quantitative estimate of drug-likeness (QED) is 0.626. The van der Waals surface area contributed by atoms with Crippen LogP contribution in [0.2, 0.25) is 0 Å². The first-order chi connectivity index (χ1) is 13.6. The highest BCUT2D eigenvalue weighted by atomic mass is 19.1. The lowest BCUT2D eigenvalue weighted by Crippen LogP contribution is -2.37. The van der Waals surface area contributed by atoms with Gasteiger partial charge in [0.05, 0.1) is 17.6 Å². The zero-order chi connectivity index (χ0) is 19.5. The summed E-state index contributed by atoms with van der Waals surface area (Å²) in [5.74, 6) is 0.158. The smallest absolute Gasteiger partial charge is 0.213 e. The van der Waals surface area contributed by atoms with E-state index in [0.29, 0.717) is 5.75 Å². The van der Waals surface area contributed by atoms with E-state index in [1.807, 2.05) is 11.6 Å². The standard InChI is InChI=1S/C22H25FN4O/c1-16-13-17(2)27(25-16)19-5-3-18(4-6-19)15-26-11-9-20(10-12-26)28-21-7-8-22(23)24-14-21/h3-8,13-14,20H,9-12,15H2,1-2H3. The highest BCUT2D eigenvalue weighted by Gasteiger charge is 2.20. The van der Waals surface area contributed by atoms with Crippen molar-refractivity contribution in [1.82, 2.24) is 19.7 Å². The van der Waals surface area contributed by atoms with E-state index < -0.39 is 5.95 Å². The molecule has 3 heterocycles. The second-order valence-electron chi connectivity index (χ2n) is 7.42. The van der Waals surface area contributed by atoms with Gasteiger partial charge in [-0.05, 0) is 62.6 Å². The molecule has 0 spiro atoms. The number of benzene rings is 1. The van der Waals surface area contributed by atoms with Gasteiger partial charge in [-0.15, -0.1) is 0 Å². The van der Waals surface area contributed by atoms with Crippen LogP contribution in [0.15, 0.2) is 48.7 Å². The SMILES string of the molecule is Cc1cc(C)n(-c2ccc(CN3CCC(Oc4ccc(F)nc4)CC3)cc2)n1. The molecule has 0 unspecified atom stereocenters. The third kappa shape index (κ3) is 4.39. The molecule has 3 aromatic rings. The molecule has 0 saturated carbocycles. The topological polar surface area (TPSA) is 43.2 Å². The molecule has 2 aromatic heterocycles. The number of aromatic nitrogens is 3. The lowest BCUT2D eigenvalue weighted by molar-refractivity contribution is 0.0964. The van der Waals surface area contributed by atoms with Crippen molar-refractivity contribution in [2.24, 2.45) is 0 Å². The molecule has 5 nitrogen and oxygen atoms in total. The molecule has 1 aliphatic rings. The maximum atomic E-state index is 12.9. The van der Waals surface area contributed by atoms with Gasteiger partial charge in [0.1, 0.15) is 11.9 Å². The molecule has 6 heteroatoms. The summed E-state index contributed by atoms with van der Waals surface area (Å²) < 4.78 is 20.8. The van der Waals surface area contributed by atoms with Gasteiger partial charge in [0.15, 0.2) is 0 Å². The van der Waals surface area contributed by atoms with E-state index in [1.54, 1.807) is 6.07 Å². The number of pyridine rings is 1. The fourth-order valence-corrected chi connectivity index (χ4v) is 3.70. The zero-order valence-corrected chi connectivity index (χ0v) is 16.3. The molecule has 4 rings (SSSR count). The van der Waals surface area contributed by atoms with E-state index in [4.69, 9.17) is 4.74 Å². The van der Waals surface area contributed by atoms with Gasteiger partial charge in [-0.3, -0.25) is 4.90 Å². The van der Waals surface area contributed by atoms with Crippen LogP contribution in [0.1, 0.15) is 29.8 Å². The van der Waals surface area contributed by atoms with Crippen molar-refractivity contribution < 1.29 is 9.13 Å². The number of hydrogen-bond acceptors (Lipinski definition) is 4. The van der Waals surface area contributed by atoms with Gasteiger partial charge in [-0.25, -0.2) is 9.67 Å². The molecule has 0 bridgehead atoms. The molecule has 0 N–H and O–H groups in total. The van der Waals surface area contributed by atoms with Crippen molar-refractivity contribution in [3.05, 3.63) is 71.6 Å². The number of piperidine rings is 1. The van der Waals surface area contributed by atoms with Crippen molar-refractivity contribution in [2.45, 2.75) is 39.3 Å². The summed E-state index contributed by atoms with van der Waals surface area (Å²) >= 11 is 0. The Morgan fingerprint density at radius 2 is 1.82 bits per heavy atom. The van der Waals surface area contributed by atoms with Gasteiger partial charge in [-0.1, -0.05) is 12.1 Å². The van der Waals surface area contributed by atoms with Crippen LogP contribution in [-0.4, -0.2) is 38.9 Å². The summed E-state index contributed by atoms with van der Waals surface area (Å²) in [6, 6.07) is 13.7. The molecule has 28 heavy (non-hydrogen) atoms. The van der Waals surface area contributed by atoms with E-state index in [0.717, 1.165) is 49.6 Å². The maximum absolute atomic E-state index is 12.9. The lowest BCUT2D eigenvalue weighted by atomic mass is 10.1.